The van der Waals surface area contributed by atoms with Crippen molar-refractivity contribution in [1.82, 2.24) is 0 Å². The molecule has 12 heteroatoms. The van der Waals surface area contributed by atoms with E-state index in [1.54, 1.807) is 0 Å². The van der Waals surface area contributed by atoms with Crippen molar-refractivity contribution in [3.63, 3.8) is 0 Å². The van der Waals surface area contributed by atoms with Gasteiger partial charge in [0.05, 0.1) is 6.10 Å². The molecule has 0 aliphatic rings. The molecule has 7 nitrogen and oxygen atoms in total. The maximum atomic E-state index is 13.3. The Balaban J connectivity index is 6.31. The molecule has 0 spiro atoms. The molecule has 0 heterocycles. The van der Waals surface area contributed by atoms with Crippen LogP contribution in [0.25, 0.3) is 0 Å². The summed E-state index contributed by atoms with van der Waals surface area (Å²) in [4.78, 5) is 26.5. The van der Waals surface area contributed by atoms with Crippen LogP contribution in [-0.4, -0.2) is 71.8 Å². The summed E-state index contributed by atoms with van der Waals surface area (Å²) in [6.07, 6.45) is -2.21. The largest absolute Gasteiger partial charge is 0.518 e. The van der Waals surface area contributed by atoms with Gasteiger partial charge in [-0.1, -0.05) is 0 Å². The molecule has 0 bridgehead atoms. The standard InChI is InChI=1S/C21H50O7Si5/c1-29(2,3)24-17(19(26-31(7,8)9)21(23)28-33(13,14)15)16-18(25-30(4,5)6)20(22)27-32(10,11)12/h17-19H,16H2,1-15H3/t17-,18+,19-/m0/s1. The zero-order chi connectivity index (χ0) is 26.6. The van der Waals surface area contributed by atoms with Gasteiger partial charge in [-0.25, -0.2) is 0 Å². The quantitative estimate of drug-likeness (QED) is 0.266. The minimum atomic E-state index is -2.16. The van der Waals surface area contributed by atoms with Gasteiger partial charge in [-0.3, -0.25) is 9.59 Å². The molecule has 0 fully saturated rings. The summed E-state index contributed by atoms with van der Waals surface area (Å²) in [6, 6.07) is 0. The summed E-state index contributed by atoms with van der Waals surface area (Å²) in [7, 11) is -10.7. The smallest absolute Gasteiger partial charge is 0.323 e. The van der Waals surface area contributed by atoms with Gasteiger partial charge in [-0.2, -0.15) is 0 Å². The van der Waals surface area contributed by atoms with Crippen molar-refractivity contribution in [3.8, 4) is 0 Å². The summed E-state index contributed by atoms with van der Waals surface area (Å²) in [5, 5.41) is 0. The van der Waals surface area contributed by atoms with Gasteiger partial charge in [-0.05, 0) is 98.2 Å². The van der Waals surface area contributed by atoms with Crippen molar-refractivity contribution >= 4 is 53.5 Å². The second-order valence-electron chi connectivity index (χ2n) is 13.4. The van der Waals surface area contributed by atoms with E-state index in [2.05, 4.69) is 19.6 Å². The van der Waals surface area contributed by atoms with Gasteiger partial charge in [0, 0.05) is 6.42 Å². The Labute approximate surface area is 207 Å². The van der Waals surface area contributed by atoms with E-state index in [-0.39, 0.29) is 12.4 Å². The van der Waals surface area contributed by atoms with Crippen LogP contribution >= 0.6 is 0 Å². The lowest BCUT2D eigenvalue weighted by atomic mass is 10.1. The molecule has 0 aromatic heterocycles. The molecule has 0 aliphatic carbocycles. The van der Waals surface area contributed by atoms with Crippen LogP contribution in [0.15, 0.2) is 0 Å². The van der Waals surface area contributed by atoms with Crippen LogP contribution in [0.3, 0.4) is 0 Å². The molecular formula is C21H50O7Si5. The molecule has 196 valence electrons. The van der Waals surface area contributed by atoms with E-state index in [1.807, 2.05) is 78.6 Å². The molecule has 0 saturated carbocycles. The third-order valence-corrected chi connectivity index (χ3v) is 8.16. The zero-order valence-electron chi connectivity index (χ0n) is 23.8. The maximum Gasteiger partial charge on any atom is 0.323 e. The average Bonchev–Trinajstić information content (AvgIpc) is 2.44. The Hall–Kier alpha value is -0.0956. The second kappa shape index (κ2) is 11.8. The molecule has 0 unspecified atom stereocenters. The third kappa shape index (κ3) is 17.1. The third-order valence-electron chi connectivity index (χ3n) is 3.57. The fourth-order valence-corrected chi connectivity index (χ4v) is 7.54. The van der Waals surface area contributed by atoms with Gasteiger partial charge in [0.2, 0.25) is 16.6 Å². The Kier molecular flexibility index (Phi) is 11.7. The summed E-state index contributed by atoms with van der Waals surface area (Å²) < 4.78 is 30.8. The molecular weight excluding hydrogens is 505 g/mol. The Morgan fingerprint density at radius 1 is 0.515 bits per heavy atom. The van der Waals surface area contributed by atoms with Gasteiger partial charge in [0.15, 0.2) is 31.1 Å². The van der Waals surface area contributed by atoms with Gasteiger partial charge >= 0.3 is 11.9 Å². The van der Waals surface area contributed by atoms with E-state index in [9.17, 15) is 9.59 Å². The van der Waals surface area contributed by atoms with Crippen molar-refractivity contribution in [1.29, 1.82) is 0 Å². The molecule has 33 heavy (non-hydrogen) atoms. The summed E-state index contributed by atoms with van der Waals surface area (Å²) in [5.74, 6) is -0.795. The second-order valence-corrected chi connectivity index (χ2v) is 35.7. The van der Waals surface area contributed by atoms with Gasteiger partial charge in [-0.15, -0.1) is 0 Å². The number of carbonyl (C=O) groups excluding carboxylic acids is 2. The van der Waals surface area contributed by atoms with Crippen LogP contribution in [0.1, 0.15) is 6.42 Å². The molecule has 0 amide bonds. The first kappa shape index (κ1) is 32.9. The predicted molar refractivity (Wildman–Crippen MR) is 148 cm³/mol. The average molecular weight is 555 g/mol. The van der Waals surface area contributed by atoms with Crippen LogP contribution in [-0.2, 0) is 31.7 Å². The minimum absolute atomic E-state index is 0.188. The Morgan fingerprint density at radius 3 is 1.21 bits per heavy atom. The first-order chi connectivity index (χ1) is 14.3. The fraction of sp³-hybridized carbons (Fsp3) is 0.905. The zero-order valence-corrected chi connectivity index (χ0v) is 28.8. The highest BCUT2D eigenvalue weighted by atomic mass is 28.4. The minimum Gasteiger partial charge on any atom is -0.518 e. The first-order valence-corrected chi connectivity index (χ1v) is 28.8. The molecule has 0 aromatic rings. The van der Waals surface area contributed by atoms with Crippen LogP contribution in [0.2, 0.25) is 98.2 Å². The molecule has 0 radical (unpaired) electrons. The lowest BCUT2D eigenvalue weighted by Crippen LogP contribution is -2.53. The normalized spacial score (nSPS) is 16.7. The Bertz CT molecular complexity index is 652. The summed E-state index contributed by atoms with van der Waals surface area (Å²) >= 11 is 0. The molecule has 0 N–H and O–H groups in total. The molecule has 3 atom stereocenters. The number of rotatable bonds is 13. The van der Waals surface area contributed by atoms with Crippen LogP contribution in [0, 0.1) is 0 Å². The molecule has 0 aliphatic heterocycles. The van der Waals surface area contributed by atoms with Crippen LogP contribution in [0.4, 0.5) is 0 Å². The van der Waals surface area contributed by atoms with E-state index >= 15 is 0 Å². The van der Waals surface area contributed by atoms with Crippen molar-refractivity contribution in [2.75, 3.05) is 0 Å². The molecule has 0 aromatic carbocycles. The predicted octanol–water partition coefficient (Wildman–Crippen LogP) is 5.79. The highest BCUT2D eigenvalue weighted by Gasteiger charge is 2.43. The number of carbonyl (C=O) groups is 2. The monoisotopic (exact) mass is 554 g/mol. The van der Waals surface area contributed by atoms with Crippen LogP contribution in [0.5, 0.6) is 0 Å². The van der Waals surface area contributed by atoms with E-state index in [0.717, 1.165) is 0 Å². The SMILES string of the molecule is C[Si](C)(C)OC(=O)[C@@H](O[Si](C)(C)C)[C@H](C[C@@H](O[Si](C)(C)C)C(=O)O[Si](C)(C)C)O[Si](C)(C)C. The highest BCUT2D eigenvalue weighted by Crippen LogP contribution is 2.26. The highest BCUT2D eigenvalue weighted by molar-refractivity contribution is 6.72. The van der Waals surface area contributed by atoms with E-state index in [1.165, 1.54) is 0 Å². The summed E-state index contributed by atoms with van der Waals surface area (Å²) in [5.41, 5.74) is 0. The lowest BCUT2D eigenvalue weighted by molar-refractivity contribution is -0.153. The van der Waals surface area contributed by atoms with E-state index in [0.29, 0.717) is 0 Å². The van der Waals surface area contributed by atoms with E-state index in [4.69, 9.17) is 22.1 Å². The topological polar surface area (TPSA) is 80.3 Å². The molecule has 0 rings (SSSR count). The first-order valence-electron chi connectivity index (χ1n) is 11.8. The van der Waals surface area contributed by atoms with Crippen molar-refractivity contribution in [3.05, 3.63) is 0 Å². The van der Waals surface area contributed by atoms with Gasteiger partial charge in [0.1, 0.15) is 6.10 Å². The fourth-order valence-electron chi connectivity index (χ4n) is 2.90. The maximum absolute atomic E-state index is 13.3. The van der Waals surface area contributed by atoms with Crippen LogP contribution < -0.4 is 0 Å². The molecule has 0 saturated heterocycles. The summed E-state index contributed by atoms with van der Waals surface area (Å²) in [6.45, 7) is 30.2. The van der Waals surface area contributed by atoms with Crippen molar-refractivity contribution < 1.29 is 31.7 Å². The lowest BCUT2D eigenvalue weighted by Gasteiger charge is -2.38. The Morgan fingerprint density at radius 2 is 0.879 bits per heavy atom. The van der Waals surface area contributed by atoms with Crippen molar-refractivity contribution in [2.45, 2.75) is 123 Å². The van der Waals surface area contributed by atoms with Crippen molar-refractivity contribution in [2.24, 2.45) is 0 Å². The number of hydrogen-bond acceptors (Lipinski definition) is 7. The van der Waals surface area contributed by atoms with Gasteiger partial charge in [0.25, 0.3) is 0 Å². The number of hydrogen-bond donors (Lipinski definition) is 0. The van der Waals surface area contributed by atoms with E-state index < -0.39 is 65.9 Å². The van der Waals surface area contributed by atoms with Gasteiger partial charge < -0.3 is 22.1 Å².